The lowest BCUT2D eigenvalue weighted by atomic mass is 9.94. The number of amidine groups is 1. The third kappa shape index (κ3) is 3.14. The summed E-state index contributed by atoms with van der Waals surface area (Å²) >= 11 is 1.89. The molecule has 3 atom stereocenters. The van der Waals surface area contributed by atoms with Crippen molar-refractivity contribution in [3.8, 4) is 0 Å². The SMILES string of the molecule is CC1CN=C(NC2CCN(C)CC2C)SC1. The van der Waals surface area contributed by atoms with Crippen LogP contribution in [0.3, 0.4) is 0 Å². The van der Waals surface area contributed by atoms with E-state index in [1.807, 2.05) is 11.8 Å². The molecule has 0 aromatic rings. The highest BCUT2D eigenvalue weighted by Gasteiger charge is 2.25. The van der Waals surface area contributed by atoms with Crippen molar-refractivity contribution in [2.24, 2.45) is 16.8 Å². The Labute approximate surface area is 103 Å². The quantitative estimate of drug-likeness (QED) is 0.756. The molecule has 0 aromatic heterocycles. The summed E-state index contributed by atoms with van der Waals surface area (Å²) in [5, 5.41) is 4.82. The Kier molecular flexibility index (Phi) is 4.14. The minimum Gasteiger partial charge on any atom is -0.362 e. The second-order valence-electron chi connectivity index (χ2n) is 5.34. The van der Waals surface area contributed by atoms with Gasteiger partial charge in [-0.1, -0.05) is 25.6 Å². The van der Waals surface area contributed by atoms with E-state index in [0.29, 0.717) is 6.04 Å². The molecular weight excluding hydrogens is 218 g/mol. The summed E-state index contributed by atoms with van der Waals surface area (Å²) in [6.07, 6.45) is 1.24. The molecule has 2 aliphatic rings. The van der Waals surface area contributed by atoms with Crippen LogP contribution in [-0.2, 0) is 0 Å². The summed E-state index contributed by atoms with van der Waals surface area (Å²) < 4.78 is 0. The van der Waals surface area contributed by atoms with Crippen molar-refractivity contribution in [1.29, 1.82) is 0 Å². The molecule has 0 saturated carbocycles. The minimum atomic E-state index is 0.621. The zero-order valence-electron chi connectivity index (χ0n) is 10.6. The Morgan fingerprint density at radius 3 is 2.88 bits per heavy atom. The third-order valence-electron chi connectivity index (χ3n) is 3.47. The molecule has 0 aromatic carbocycles. The number of thioether (sulfide) groups is 1. The lowest BCUT2D eigenvalue weighted by Gasteiger charge is -2.36. The van der Waals surface area contributed by atoms with Crippen molar-refractivity contribution in [3.05, 3.63) is 0 Å². The van der Waals surface area contributed by atoms with Crippen LogP contribution in [0.5, 0.6) is 0 Å². The standard InChI is InChI=1S/C12H23N3S/c1-9-6-13-12(16-8-9)14-11-4-5-15(3)7-10(11)2/h9-11H,4-8H2,1-3H3,(H,13,14). The van der Waals surface area contributed by atoms with Crippen LogP contribution < -0.4 is 5.32 Å². The van der Waals surface area contributed by atoms with Gasteiger partial charge in [-0.25, -0.2) is 0 Å². The van der Waals surface area contributed by atoms with E-state index in [4.69, 9.17) is 0 Å². The molecule has 0 spiro atoms. The average Bonchev–Trinajstić information content (AvgIpc) is 2.25. The molecular formula is C12H23N3S. The number of nitrogens with one attached hydrogen (secondary N) is 1. The monoisotopic (exact) mass is 241 g/mol. The molecule has 3 unspecified atom stereocenters. The van der Waals surface area contributed by atoms with Gasteiger partial charge in [0.15, 0.2) is 5.17 Å². The van der Waals surface area contributed by atoms with Crippen LogP contribution in [0.15, 0.2) is 4.99 Å². The number of hydrogen-bond donors (Lipinski definition) is 1. The zero-order chi connectivity index (χ0) is 11.5. The molecule has 1 fully saturated rings. The Morgan fingerprint density at radius 1 is 1.44 bits per heavy atom. The summed E-state index contributed by atoms with van der Waals surface area (Å²) in [7, 11) is 2.21. The van der Waals surface area contributed by atoms with E-state index in [1.54, 1.807) is 0 Å². The first-order valence-electron chi connectivity index (χ1n) is 6.27. The summed E-state index contributed by atoms with van der Waals surface area (Å²) in [5.74, 6) is 2.68. The second kappa shape index (κ2) is 5.41. The first-order chi connectivity index (χ1) is 7.65. The molecule has 16 heavy (non-hydrogen) atoms. The highest BCUT2D eigenvalue weighted by atomic mass is 32.2. The van der Waals surface area contributed by atoms with Crippen LogP contribution in [-0.4, -0.2) is 48.5 Å². The van der Waals surface area contributed by atoms with Crippen molar-refractivity contribution < 1.29 is 0 Å². The van der Waals surface area contributed by atoms with Crippen molar-refractivity contribution in [3.63, 3.8) is 0 Å². The first kappa shape index (κ1) is 12.2. The fourth-order valence-electron chi connectivity index (χ4n) is 2.37. The van der Waals surface area contributed by atoms with Gasteiger partial charge >= 0.3 is 0 Å². The highest BCUT2D eigenvalue weighted by Crippen LogP contribution is 2.20. The van der Waals surface area contributed by atoms with E-state index in [2.05, 4.69) is 36.1 Å². The summed E-state index contributed by atoms with van der Waals surface area (Å²) in [4.78, 5) is 7.03. The Balaban J connectivity index is 1.85. The van der Waals surface area contributed by atoms with E-state index in [1.165, 1.54) is 30.4 Å². The number of piperidine rings is 1. The lowest BCUT2D eigenvalue weighted by Crippen LogP contribution is -2.48. The van der Waals surface area contributed by atoms with Crippen LogP contribution >= 0.6 is 11.8 Å². The number of rotatable bonds is 1. The van der Waals surface area contributed by atoms with Gasteiger partial charge in [0.05, 0.1) is 0 Å². The number of likely N-dealkylation sites (tertiary alicyclic amines) is 1. The molecule has 2 heterocycles. The third-order valence-corrected chi connectivity index (χ3v) is 4.72. The van der Waals surface area contributed by atoms with Gasteiger partial charge in [-0.15, -0.1) is 0 Å². The van der Waals surface area contributed by atoms with E-state index in [0.717, 1.165) is 18.4 Å². The summed E-state index contributed by atoms with van der Waals surface area (Å²) in [6.45, 7) is 8.01. The Bertz CT molecular complexity index is 267. The molecule has 4 heteroatoms. The van der Waals surface area contributed by atoms with Gasteiger partial charge in [0.25, 0.3) is 0 Å². The van der Waals surface area contributed by atoms with Gasteiger partial charge in [0.2, 0.25) is 0 Å². The number of hydrogen-bond acceptors (Lipinski definition) is 4. The van der Waals surface area contributed by atoms with Gasteiger partial charge in [-0.05, 0) is 31.8 Å². The van der Waals surface area contributed by atoms with E-state index >= 15 is 0 Å². The van der Waals surface area contributed by atoms with Crippen molar-refractivity contribution in [1.82, 2.24) is 10.2 Å². The van der Waals surface area contributed by atoms with Gasteiger partial charge < -0.3 is 10.2 Å². The number of nitrogens with zero attached hydrogens (tertiary/aromatic N) is 2. The fourth-order valence-corrected chi connectivity index (χ4v) is 3.32. The normalized spacial score (nSPS) is 36.9. The maximum atomic E-state index is 4.61. The molecule has 1 saturated heterocycles. The molecule has 1 N–H and O–H groups in total. The maximum Gasteiger partial charge on any atom is 0.156 e. The Hall–Kier alpha value is -0.220. The molecule has 0 bridgehead atoms. The highest BCUT2D eigenvalue weighted by molar-refractivity contribution is 8.13. The molecule has 3 nitrogen and oxygen atoms in total. The topological polar surface area (TPSA) is 27.6 Å². The van der Waals surface area contributed by atoms with Crippen molar-refractivity contribution in [2.75, 3.05) is 32.4 Å². The summed E-state index contributed by atoms with van der Waals surface area (Å²) in [6, 6.07) is 0.621. The van der Waals surface area contributed by atoms with Crippen molar-refractivity contribution in [2.45, 2.75) is 26.3 Å². The van der Waals surface area contributed by atoms with Gasteiger partial charge in [-0.2, -0.15) is 0 Å². The number of aliphatic imine (C=N–C) groups is 1. The minimum absolute atomic E-state index is 0.621. The molecule has 0 radical (unpaired) electrons. The van der Waals surface area contributed by atoms with Crippen molar-refractivity contribution >= 4 is 16.9 Å². The molecule has 0 aliphatic carbocycles. The van der Waals surface area contributed by atoms with Gasteiger partial charge in [0.1, 0.15) is 0 Å². The molecule has 0 amide bonds. The average molecular weight is 241 g/mol. The first-order valence-corrected chi connectivity index (χ1v) is 7.26. The molecule has 2 rings (SSSR count). The predicted octanol–water partition coefficient (Wildman–Crippen LogP) is 1.66. The Morgan fingerprint density at radius 2 is 2.25 bits per heavy atom. The smallest absolute Gasteiger partial charge is 0.156 e. The van der Waals surface area contributed by atoms with Gasteiger partial charge in [0, 0.05) is 24.9 Å². The maximum absolute atomic E-state index is 4.61. The van der Waals surface area contributed by atoms with E-state index in [-0.39, 0.29) is 0 Å². The van der Waals surface area contributed by atoms with Crippen LogP contribution in [0.1, 0.15) is 20.3 Å². The van der Waals surface area contributed by atoms with Crippen LogP contribution in [0.4, 0.5) is 0 Å². The molecule has 2 aliphatic heterocycles. The summed E-state index contributed by atoms with van der Waals surface area (Å²) in [5.41, 5.74) is 0. The molecule has 92 valence electrons. The largest absolute Gasteiger partial charge is 0.362 e. The predicted molar refractivity (Wildman–Crippen MR) is 72.1 cm³/mol. The van der Waals surface area contributed by atoms with Crippen LogP contribution in [0, 0.1) is 11.8 Å². The van der Waals surface area contributed by atoms with E-state index in [9.17, 15) is 0 Å². The second-order valence-corrected chi connectivity index (χ2v) is 6.35. The lowest BCUT2D eigenvalue weighted by molar-refractivity contribution is 0.187. The van der Waals surface area contributed by atoms with Crippen LogP contribution in [0.2, 0.25) is 0 Å². The van der Waals surface area contributed by atoms with Gasteiger partial charge in [-0.3, -0.25) is 4.99 Å². The fraction of sp³-hybridized carbons (Fsp3) is 0.917. The zero-order valence-corrected chi connectivity index (χ0v) is 11.4. The van der Waals surface area contributed by atoms with E-state index < -0.39 is 0 Å². The van der Waals surface area contributed by atoms with Crippen LogP contribution in [0.25, 0.3) is 0 Å².